The van der Waals surface area contributed by atoms with Crippen LogP contribution in [0.1, 0.15) is 16.1 Å². The summed E-state index contributed by atoms with van der Waals surface area (Å²) < 4.78 is 2.75. The van der Waals surface area contributed by atoms with Gasteiger partial charge >= 0.3 is 5.69 Å². The van der Waals surface area contributed by atoms with E-state index in [4.69, 9.17) is 11.6 Å². The van der Waals surface area contributed by atoms with Crippen molar-refractivity contribution in [3.05, 3.63) is 69.1 Å². The summed E-state index contributed by atoms with van der Waals surface area (Å²) in [5, 5.41) is 22.1. The van der Waals surface area contributed by atoms with Gasteiger partial charge in [-0.2, -0.15) is 10.2 Å². The summed E-state index contributed by atoms with van der Waals surface area (Å²) in [6.45, 7) is 0.432. The van der Waals surface area contributed by atoms with E-state index >= 15 is 0 Å². The molecule has 0 radical (unpaired) electrons. The first-order chi connectivity index (χ1) is 12.0. The third kappa shape index (κ3) is 3.50. The number of benzene rings is 1. The van der Waals surface area contributed by atoms with Crippen molar-refractivity contribution in [2.24, 2.45) is 7.05 Å². The normalized spacial score (nSPS) is 10.6. The molecule has 3 rings (SSSR count). The summed E-state index contributed by atoms with van der Waals surface area (Å²) in [6.07, 6.45) is 2.71. The lowest BCUT2D eigenvalue weighted by Gasteiger charge is -2.04. The second-order valence-corrected chi connectivity index (χ2v) is 5.61. The molecule has 0 fully saturated rings. The maximum Gasteiger partial charge on any atom is 0.320 e. The minimum atomic E-state index is -0.658. The van der Waals surface area contributed by atoms with E-state index in [-0.39, 0.29) is 17.2 Å². The van der Waals surface area contributed by atoms with Crippen molar-refractivity contribution in [1.29, 1.82) is 0 Å². The highest BCUT2D eigenvalue weighted by Gasteiger charge is 2.25. The first-order valence-corrected chi connectivity index (χ1v) is 7.58. The topological polar surface area (TPSA) is 108 Å². The van der Waals surface area contributed by atoms with Crippen LogP contribution in [0, 0.1) is 10.1 Å². The summed E-state index contributed by atoms with van der Waals surface area (Å²) in [4.78, 5) is 22.6. The molecule has 128 valence electrons. The molecular formula is C15H13ClN6O3. The zero-order valence-corrected chi connectivity index (χ0v) is 13.8. The third-order valence-corrected chi connectivity index (χ3v) is 3.87. The molecule has 3 aromatic rings. The molecule has 0 saturated heterocycles. The highest BCUT2D eigenvalue weighted by molar-refractivity contribution is 6.31. The predicted molar refractivity (Wildman–Crippen MR) is 90.6 cm³/mol. The number of hydrogen-bond acceptors (Lipinski definition) is 5. The molecule has 2 aromatic heterocycles. The molecule has 0 unspecified atom stereocenters. The van der Waals surface area contributed by atoms with Crippen LogP contribution in [0.2, 0.25) is 5.02 Å². The van der Waals surface area contributed by atoms with E-state index in [1.54, 1.807) is 23.0 Å². The molecule has 1 N–H and O–H groups in total. The predicted octanol–water partition coefficient (Wildman–Crippen LogP) is 2.48. The van der Waals surface area contributed by atoms with Gasteiger partial charge < -0.3 is 5.32 Å². The van der Waals surface area contributed by atoms with Gasteiger partial charge in [0.15, 0.2) is 5.82 Å². The average Bonchev–Trinajstić information content (AvgIpc) is 3.16. The van der Waals surface area contributed by atoms with E-state index in [1.807, 2.05) is 18.2 Å². The van der Waals surface area contributed by atoms with Crippen LogP contribution in [-0.2, 0) is 13.6 Å². The van der Waals surface area contributed by atoms with E-state index in [0.29, 0.717) is 11.6 Å². The van der Waals surface area contributed by atoms with E-state index in [9.17, 15) is 14.9 Å². The lowest BCUT2D eigenvalue weighted by atomic mass is 10.2. The zero-order chi connectivity index (χ0) is 18.0. The number of carbonyl (C=O) groups is 1. The van der Waals surface area contributed by atoms with Crippen LogP contribution in [0.25, 0.3) is 0 Å². The number of rotatable bonds is 5. The van der Waals surface area contributed by atoms with Crippen molar-refractivity contribution in [3.8, 4) is 0 Å². The molecule has 1 amide bonds. The maximum atomic E-state index is 12.3. The number of hydrogen-bond donors (Lipinski definition) is 1. The van der Waals surface area contributed by atoms with Gasteiger partial charge in [-0.15, -0.1) is 0 Å². The van der Waals surface area contributed by atoms with Crippen LogP contribution in [0.4, 0.5) is 11.5 Å². The Hall–Kier alpha value is -3.20. The SMILES string of the molecule is Cn1ncc([N+](=O)[O-])c1C(=O)Nc1ccn(Cc2ccccc2Cl)n1. The van der Waals surface area contributed by atoms with Crippen molar-refractivity contribution in [3.63, 3.8) is 0 Å². The molecule has 0 bridgehead atoms. The lowest BCUT2D eigenvalue weighted by Crippen LogP contribution is -2.18. The summed E-state index contributed by atoms with van der Waals surface area (Å²) in [5.74, 6) is -0.387. The Kier molecular flexibility index (Phi) is 4.48. The highest BCUT2D eigenvalue weighted by atomic mass is 35.5. The van der Waals surface area contributed by atoms with Gasteiger partial charge in [0.2, 0.25) is 5.69 Å². The Morgan fingerprint density at radius 2 is 2.12 bits per heavy atom. The molecule has 1 aromatic carbocycles. The van der Waals surface area contributed by atoms with Crippen LogP contribution in [0.15, 0.2) is 42.7 Å². The number of amides is 1. The van der Waals surface area contributed by atoms with Crippen LogP contribution >= 0.6 is 11.6 Å². The molecule has 0 spiro atoms. The number of nitro groups is 1. The standard InChI is InChI=1S/C15H13ClN6O3/c1-20-14(12(8-17-20)22(24)25)15(23)18-13-6-7-21(19-13)9-10-4-2-3-5-11(10)16/h2-8H,9H2,1H3,(H,18,19,23). The highest BCUT2D eigenvalue weighted by Crippen LogP contribution is 2.19. The van der Waals surface area contributed by atoms with Crippen molar-refractivity contribution >= 4 is 29.0 Å². The summed E-state index contributed by atoms with van der Waals surface area (Å²) in [7, 11) is 1.46. The summed E-state index contributed by atoms with van der Waals surface area (Å²) >= 11 is 6.11. The fourth-order valence-electron chi connectivity index (χ4n) is 2.32. The van der Waals surface area contributed by atoms with Gasteiger partial charge in [0.1, 0.15) is 6.20 Å². The van der Waals surface area contributed by atoms with E-state index < -0.39 is 10.8 Å². The van der Waals surface area contributed by atoms with E-state index in [0.717, 1.165) is 16.4 Å². The summed E-state index contributed by atoms with van der Waals surface area (Å²) in [5.41, 5.74) is 0.369. The molecule has 0 atom stereocenters. The minimum absolute atomic E-state index is 0.148. The molecule has 0 saturated carbocycles. The van der Waals surface area contributed by atoms with Gasteiger partial charge in [0.25, 0.3) is 5.91 Å². The Labute approximate surface area is 147 Å². The fraction of sp³-hybridized carbons (Fsp3) is 0.133. The van der Waals surface area contributed by atoms with Crippen molar-refractivity contribution < 1.29 is 9.72 Å². The summed E-state index contributed by atoms with van der Waals surface area (Å²) in [6, 6.07) is 8.96. The zero-order valence-electron chi connectivity index (χ0n) is 13.1. The number of aryl methyl sites for hydroxylation is 1. The smallest absolute Gasteiger partial charge is 0.304 e. The largest absolute Gasteiger partial charge is 0.320 e. The van der Waals surface area contributed by atoms with Crippen LogP contribution in [0.5, 0.6) is 0 Å². The molecule has 25 heavy (non-hydrogen) atoms. The minimum Gasteiger partial charge on any atom is -0.304 e. The number of aromatic nitrogens is 4. The van der Waals surface area contributed by atoms with Crippen molar-refractivity contribution in [2.45, 2.75) is 6.54 Å². The molecular weight excluding hydrogens is 348 g/mol. The Morgan fingerprint density at radius 3 is 2.84 bits per heavy atom. The lowest BCUT2D eigenvalue weighted by molar-refractivity contribution is -0.385. The van der Waals surface area contributed by atoms with Crippen molar-refractivity contribution in [2.75, 3.05) is 5.32 Å². The maximum absolute atomic E-state index is 12.3. The molecule has 0 aliphatic rings. The van der Waals surface area contributed by atoms with Crippen LogP contribution in [0.3, 0.4) is 0 Å². The molecule has 0 aliphatic carbocycles. The number of nitrogens with one attached hydrogen (secondary N) is 1. The Morgan fingerprint density at radius 1 is 1.36 bits per heavy atom. The quantitative estimate of drug-likeness (QED) is 0.555. The monoisotopic (exact) mass is 360 g/mol. The van der Waals surface area contributed by atoms with E-state index in [2.05, 4.69) is 15.5 Å². The first-order valence-electron chi connectivity index (χ1n) is 7.20. The average molecular weight is 361 g/mol. The van der Waals surface area contributed by atoms with Gasteiger partial charge in [-0.1, -0.05) is 29.8 Å². The Balaban J connectivity index is 1.76. The van der Waals surface area contributed by atoms with Crippen molar-refractivity contribution in [1.82, 2.24) is 19.6 Å². The fourth-order valence-corrected chi connectivity index (χ4v) is 2.51. The number of carbonyl (C=O) groups excluding carboxylic acids is 1. The van der Waals surface area contributed by atoms with Gasteiger partial charge in [0.05, 0.1) is 11.5 Å². The number of anilines is 1. The Bertz CT molecular complexity index is 948. The van der Waals surface area contributed by atoms with Crippen LogP contribution in [-0.4, -0.2) is 30.4 Å². The second-order valence-electron chi connectivity index (χ2n) is 5.20. The van der Waals surface area contributed by atoms with E-state index in [1.165, 1.54) is 7.05 Å². The molecule has 9 nitrogen and oxygen atoms in total. The van der Waals surface area contributed by atoms with Crippen LogP contribution < -0.4 is 5.32 Å². The number of halogens is 1. The van der Waals surface area contributed by atoms with Gasteiger partial charge in [-0.05, 0) is 11.6 Å². The molecule has 2 heterocycles. The number of nitrogens with zero attached hydrogens (tertiary/aromatic N) is 5. The molecule has 10 heteroatoms. The van der Waals surface area contributed by atoms with Gasteiger partial charge in [-0.3, -0.25) is 24.3 Å². The van der Waals surface area contributed by atoms with Gasteiger partial charge in [0, 0.05) is 24.3 Å². The first kappa shape index (κ1) is 16.7. The van der Waals surface area contributed by atoms with Gasteiger partial charge in [-0.25, -0.2) is 0 Å². The molecule has 0 aliphatic heterocycles. The second kappa shape index (κ2) is 6.73. The third-order valence-electron chi connectivity index (χ3n) is 3.50.